The number of rotatable bonds is 6. The third kappa shape index (κ3) is 4.42. The summed E-state index contributed by atoms with van der Waals surface area (Å²) in [5, 5.41) is 13.1. The van der Waals surface area contributed by atoms with Crippen LogP contribution in [0.25, 0.3) is 0 Å². The molecule has 2 N–H and O–H groups in total. The van der Waals surface area contributed by atoms with E-state index in [0.29, 0.717) is 11.1 Å². The predicted octanol–water partition coefficient (Wildman–Crippen LogP) is 2.09. The highest BCUT2D eigenvalue weighted by Gasteiger charge is 2.31. The fraction of sp³-hybridized carbons (Fsp3) is 0.316. The Morgan fingerprint density at radius 1 is 1.24 bits per heavy atom. The van der Waals surface area contributed by atoms with Crippen LogP contribution in [-0.2, 0) is 9.53 Å². The predicted molar refractivity (Wildman–Crippen MR) is 93.0 cm³/mol. The van der Waals surface area contributed by atoms with Gasteiger partial charge >= 0.3 is 5.97 Å². The van der Waals surface area contributed by atoms with Gasteiger partial charge in [-0.15, -0.1) is 0 Å². The first kappa shape index (κ1) is 18.6. The SMILES string of the molecule is CCOC(=O)[C@@H](NC(=O)c1cccc(C)c1C)[C@H](O)c1cccnc1. The average Bonchev–Trinajstić information content (AvgIpc) is 2.62. The van der Waals surface area contributed by atoms with Crippen LogP contribution in [-0.4, -0.2) is 34.6 Å². The zero-order valence-electron chi connectivity index (χ0n) is 14.5. The summed E-state index contributed by atoms with van der Waals surface area (Å²) in [6.07, 6.45) is 1.74. The van der Waals surface area contributed by atoms with Crippen molar-refractivity contribution in [2.75, 3.05) is 6.61 Å². The minimum atomic E-state index is -1.26. The van der Waals surface area contributed by atoms with Gasteiger partial charge in [-0.1, -0.05) is 18.2 Å². The van der Waals surface area contributed by atoms with Crippen molar-refractivity contribution in [2.45, 2.75) is 32.9 Å². The Morgan fingerprint density at radius 3 is 2.64 bits per heavy atom. The zero-order valence-corrected chi connectivity index (χ0v) is 14.5. The number of aliphatic hydroxyl groups is 1. The van der Waals surface area contributed by atoms with E-state index in [9.17, 15) is 14.7 Å². The van der Waals surface area contributed by atoms with E-state index in [4.69, 9.17) is 4.74 Å². The molecule has 6 heteroatoms. The number of aromatic nitrogens is 1. The van der Waals surface area contributed by atoms with E-state index in [0.717, 1.165) is 11.1 Å². The number of nitrogens with zero attached hydrogens (tertiary/aromatic N) is 1. The number of ether oxygens (including phenoxy) is 1. The standard InChI is InChI=1S/C19H22N2O4/c1-4-25-19(24)16(17(22)14-8-6-10-20-11-14)21-18(23)15-9-5-7-12(2)13(15)3/h5-11,16-17,22H,4H2,1-3H3,(H,21,23)/t16-,17+/m0/s1. The maximum atomic E-state index is 12.6. The van der Waals surface area contributed by atoms with Crippen molar-refractivity contribution in [3.05, 3.63) is 65.0 Å². The topological polar surface area (TPSA) is 88.5 Å². The third-order valence-corrected chi connectivity index (χ3v) is 4.02. The maximum absolute atomic E-state index is 12.6. The molecule has 0 fully saturated rings. The molecule has 0 aliphatic rings. The van der Waals surface area contributed by atoms with Crippen molar-refractivity contribution in [3.63, 3.8) is 0 Å². The fourth-order valence-electron chi connectivity index (χ4n) is 2.46. The summed E-state index contributed by atoms with van der Waals surface area (Å²) in [4.78, 5) is 28.8. The van der Waals surface area contributed by atoms with E-state index >= 15 is 0 Å². The third-order valence-electron chi connectivity index (χ3n) is 4.02. The van der Waals surface area contributed by atoms with E-state index in [1.807, 2.05) is 19.9 Å². The number of aryl methyl sites for hydroxylation is 1. The first-order valence-corrected chi connectivity index (χ1v) is 8.07. The second-order valence-electron chi connectivity index (χ2n) is 5.68. The number of benzene rings is 1. The van der Waals surface area contributed by atoms with Gasteiger partial charge in [-0.3, -0.25) is 9.78 Å². The Morgan fingerprint density at radius 2 is 2.00 bits per heavy atom. The lowest BCUT2D eigenvalue weighted by molar-refractivity contribution is -0.148. The lowest BCUT2D eigenvalue weighted by atomic mass is 10.0. The molecule has 0 aliphatic heterocycles. The molecule has 2 aromatic rings. The van der Waals surface area contributed by atoms with Crippen molar-refractivity contribution < 1.29 is 19.4 Å². The summed E-state index contributed by atoms with van der Waals surface area (Å²) in [5.74, 6) is -1.14. The number of esters is 1. The molecule has 0 radical (unpaired) electrons. The zero-order chi connectivity index (χ0) is 18.4. The Labute approximate surface area is 146 Å². The molecule has 0 saturated heterocycles. The van der Waals surface area contributed by atoms with Gasteiger partial charge in [0.25, 0.3) is 5.91 Å². The minimum absolute atomic E-state index is 0.147. The van der Waals surface area contributed by atoms with Crippen LogP contribution in [0.5, 0.6) is 0 Å². The quantitative estimate of drug-likeness (QED) is 0.785. The second-order valence-corrected chi connectivity index (χ2v) is 5.68. The van der Waals surface area contributed by atoms with Gasteiger partial charge in [-0.2, -0.15) is 0 Å². The molecule has 1 aromatic carbocycles. The van der Waals surface area contributed by atoms with Gasteiger partial charge in [-0.05, 0) is 44.0 Å². The van der Waals surface area contributed by atoms with Crippen LogP contribution >= 0.6 is 0 Å². The van der Waals surface area contributed by atoms with Gasteiger partial charge in [0.15, 0.2) is 6.04 Å². The number of hydrogen-bond acceptors (Lipinski definition) is 5. The largest absolute Gasteiger partial charge is 0.464 e. The van der Waals surface area contributed by atoms with E-state index in [-0.39, 0.29) is 6.61 Å². The molecule has 0 aliphatic carbocycles. The fourth-order valence-corrected chi connectivity index (χ4v) is 2.46. The molecule has 1 amide bonds. The Balaban J connectivity index is 2.28. The molecule has 0 spiro atoms. The van der Waals surface area contributed by atoms with Gasteiger partial charge in [-0.25, -0.2) is 4.79 Å². The molecule has 2 atom stereocenters. The van der Waals surface area contributed by atoms with Gasteiger partial charge in [0.1, 0.15) is 6.10 Å². The molecule has 6 nitrogen and oxygen atoms in total. The minimum Gasteiger partial charge on any atom is -0.464 e. The lowest BCUT2D eigenvalue weighted by Crippen LogP contribution is -2.46. The molecule has 0 unspecified atom stereocenters. The maximum Gasteiger partial charge on any atom is 0.331 e. The highest BCUT2D eigenvalue weighted by molar-refractivity contribution is 5.98. The molecule has 1 aromatic heterocycles. The van der Waals surface area contributed by atoms with Gasteiger partial charge < -0.3 is 15.2 Å². The number of hydrogen-bond donors (Lipinski definition) is 2. The van der Waals surface area contributed by atoms with E-state index in [1.54, 1.807) is 37.4 Å². The highest BCUT2D eigenvalue weighted by Crippen LogP contribution is 2.19. The molecular formula is C19H22N2O4. The number of carbonyl (C=O) groups excluding carboxylic acids is 2. The summed E-state index contributed by atoms with van der Waals surface area (Å²) in [6, 6.07) is 7.40. The van der Waals surface area contributed by atoms with E-state index < -0.39 is 24.0 Å². The van der Waals surface area contributed by atoms with Crippen LogP contribution in [0.2, 0.25) is 0 Å². The molecule has 0 bridgehead atoms. The second kappa shape index (κ2) is 8.39. The Bertz CT molecular complexity index is 746. The lowest BCUT2D eigenvalue weighted by Gasteiger charge is -2.23. The molecule has 1 heterocycles. The van der Waals surface area contributed by atoms with Crippen molar-refractivity contribution in [2.24, 2.45) is 0 Å². The van der Waals surface area contributed by atoms with E-state index in [2.05, 4.69) is 10.3 Å². The number of amides is 1. The van der Waals surface area contributed by atoms with Crippen molar-refractivity contribution in [3.8, 4) is 0 Å². The smallest absolute Gasteiger partial charge is 0.331 e. The highest BCUT2D eigenvalue weighted by atomic mass is 16.5. The van der Waals surface area contributed by atoms with Gasteiger partial charge in [0.2, 0.25) is 0 Å². The van der Waals surface area contributed by atoms with Crippen LogP contribution in [0.3, 0.4) is 0 Å². The summed E-state index contributed by atoms with van der Waals surface area (Å²) in [5.41, 5.74) is 2.65. The van der Waals surface area contributed by atoms with Crippen LogP contribution in [0, 0.1) is 13.8 Å². The summed E-state index contributed by atoms with van der Waals surface area (Å²) in [6.45, 7) is 5.55. The number of nitrogens with one attached hydrogen (secondary N) is 1. The molecule has 0 saturated carbocycles. The van der Waals surface area contributed by atoms with Gasteiger partial charge in [0, 0.05) is 23.5 Å². The van der Waals surface area contributed by atoms with Crippen molar-refractivity contribution in [1.29, 1.82) is 0 Å². The normalized spacial score (nSPS) is 13.0. The number of carbonyl (C=O) groups is 2. The average molecular weight is 342 g/mol. The molecular weight excluding hydrogens is 320 g/mol. The number of aliphatic hydroxyl groups excluding tert-OH is 1. The van der Waals surface area contributed by atoms with Crippen LogP contribution in [0.4, 0.5) is 0 Å². The monoisotopic (exact) mass is 342 g/mol. The number of pyridine rings is 1. The van der Waals surface area contributed by atoms with Crippen LogP contribution < -0.4 is 5.32 Å². The first-order chi connectivity index (χ1) is 12.0. The van der Waals surface area contributed by atoms with Crippen LogP contribution in [0.1, 0.15) is 40.1 Å². The van der Waals surface area contributed by atoms with Crippen molar-refractivity contribution in [1.82, 2.24) is 10.3 Å². The Kier molecular flexibility index (Phi) is 6.25. The van der Waals surface area contributed by atoms with E-state index in [1.165, 1.54) is 6.20 Å². The van der Waals surface area contributed by atoms with Crippen LogP contribution in [0.15, 0.2) is 42.7 Å². The van der Waals surface area contributed by atoms with Gasteiger partial charge in [0.05, 0.1) is 6.61 Å². The molecule has 25 heavy (non-hydrogen) atoms. The first-order valence-electron chi connectivity index (χ1n) is 8.07. The molecule has 2 rings (SSSR count). The summed E-state index contributed by atoms with van der Waals surface area (Å²) in [7, 11) is 0. The summed E-state index contributed by atoms with van der Waals surface area (Å²) < 4.78 is 5.00. The Hall–Kier alpha value is -2.73. The summed E-state index contributed by atoms with van der Waals surface area (Å²) >= 11 is 0. The van der Waals surface area contributed by atoms with Crippen molar-refractivity contribution >= 4 is 11.9 Å². The molecule has 132 valence electrons.